The van der Waals surface area contributed by atoms with Crippen molar-refractivity contribution in [3.05, 3.63) is 47.3 Å². The summed E-state index contributed by atoms with van der Waals surface area (Å²) in [5, 5.41) is 0. The third-order valence-corrected chi connectivity index (χ3v) is 3.09. The normalized spacial score (nSPS) is 17.6. The highest BCUT2D eigenvalue weighted by Gasteiger charge is 2.34. The van der Waals surface area contributed by atoms with Crippen LogP contribution >= 0.6 is 0 Å². The molecule has 1 aliphatic heterocycles. The molecule has 2 heterocycles. The molecule has 6 heteroatoms. The van der Waals surface area contributed by atoms with Gasteiger partial charge in [-0.25, -0.2) is 9.59 Å². The number of furan rings is 1. The molecule has 0 saturated heterocycles. The van der Waals surface area contributed by atoms with E-state index in [1.165, 1.54) is 12.3 Å². The minimum atomic E-state index is -0.582. The molecule has 1 aliphatic rings. The maximum Gasteiger partial charge on any atom is 0.373 e. The van der Waals surface area contributed by atoms with E-state index in [1.807, 2.05) is 0 Å². The molecule has 0 aromatic carbocycles. The minimum Gasteiger partial charge on any atom is -0.468 e. The number of rotatable bonds is 5. The van der Waals surface area contributed by atoms with Crippen molar-refractivity contribution in [2.75, 3.05) is 13.2 Å². The number of esters is 2. The lowest BCUT2D eigenvalue weighted by molar-refractivity contribution is -0.143. The molecule has 1 aromatic rings. The van der Waals surface area contributed by atoms with Gasteiger partial charge in [-0.2, -0.15) is 0 Å². The van der Waals surface area contributed by atoms with Crippen LogP contribution in [0.25, 0.3) is 0 Å². The molecule has 0 saturated carbocycles. The van der Waals surface area contributed by atoms with Crippen LogP contribution in [-0.4, -0.2) is 25.2 Å². The maximum atomic E-state index is 12.2. The van der Waals surface area contributed by atoms with Gasteiger partial charge in [-0.15, -0.1) is 0 Å². The maximum absolute atomic E-state index is 12.2. The average molecular weight is 306 g/mol. The highest BCUT2D eigenvalue weighted by Crippen LogP contribution is 2.35. The lowest BCUT2D eigenvalue weighted by Crippen LogP contribution is -2.22. The van der Waals surface area contributed by atoms with E-state index >= 15 is 0 Å². The van der Waals surface area contributed by atoms with E-state index in [-0.39, 0.29) is 19.0 Å². The summed E-state index contributed by atoms with van der Waals surface area (Å²) in [6.07, 6.45) is 3.01. The van der Waals surface area contributed by atoms with Gasteiger partial charge in [0, 0.05) is 0 Å². The Hall–Kier alpha value is -2.50. The Morgan fingerprint density at radius 2 is 1.86 bits per heavy atom. The van der Waals surface area contributed by atoms with Crippen molar-refractivity contribution < 1.29 is 28.2 Å². The molecule has 0 fully saturated rings. The first-order valence-electron chi connectivity index (χ1n) is 7.06. The third kappa shape index (κ3) is 3.21. The molecule has 0 N–H and O–H groups in total. The third-order valence-electron chi connectivity index (χ3n) is 3.09. The van der Waals surface area contributed by atoms with Gasteiger partial charge in [-0.3, -0.25) is 0 Å². The van der Waals surface area contributed by atoms with Gasteiger partial charge < -0.3 is 18.6 Å². The monoisotopic (exact) mass is 306 g/mol. The van der Waals surface area contributed by atoms with E-state index < -0.39 is 17.9 Å². The van der Waals surface area contributed by atoms with Crippen molar-refractivity contribution in [1.82, 2.24) is 0 Å². The van der Waals surface area contributed by atoms with Gasteiger partial charge in [-0.1, -0.05) is 0 Å². The second-order valence-corrected chi connectivity index (χ2v) is 4.54. The Kier molecular flexibility index (Phi) is 5.04. The minimum absolute atomic E-state index is 0.0359. The second kappa shape index (κ2) is 6.98. The highest BCUT2D eigenvalue weighted by molar-refractivity contribution is 5.94. The van der Waals surface area contributed by atoms with Crippen LogP contribution in [0.15, 0.2) is 46.0 Å². The second-order valence-electron chi connectivity index (χ2n) is 4.54. The number of hydrogen-bond acceptors (Lipinski definition) is 6. The van der Waals surface area contributed by atoms with Crippen LogP contribution in [0.3, 0.4) is 0 Å². The van der Waals surface area contributed by atoms with E-state index in [0.29, 0.717) is 17.1 Å². The molecule has 2 rings (SSSR count). The Labute approximate surface area is 128 Å². The number of allylic oxidation sites excluding steroid dienone is 2. The molecule has 6 nitrogen and oxygen atoms in total. The van der Waals surface area contributed by atoms with Gasteiger partial charge in [0.2, 0.25) is 5.76 Å². The van der Waals surface area contributed by atoms with E-state index in [0.717, 1.165) is 0 Å². The average Bonchev–Trinajstić information content (AvgIpc) is 3.00. The first-order valence-corrected chi connectivity index (χ1v) is 7.06. The SMILES string of the molecule is CCOC(=O)C1=CC(c2ccco2)C(C(=O)OCC)=C(C)O1. The Morgan fingerprint density at radius 1 is 1.18 bits per heavy atom. The zero-order chi connectivity index (χ0) is 16.1. The predicted octanol–water partition coefficient (Wildman–Crippen LogP) is 2.68. The molecule has 1 unspecified atom stereocenters. The van der Waals surface area contributed by atoms with Gasteiger partial charge >= 0.3 is 11.9 Å². The molecule has 118 valence electrons. The van der Waals surface area contributed by atoms with Crippen molar-refractivity contribution >= 4 is 11.9 Å². The first kappa shape index (κ1) is 15.9. The van der Waals surface area contributed by atoms with Crippen molar-refractivity contribution in [3.63, 3.8) is 0 Å². The molecule has 0 radical (unpaired) electrons. The summed E-state index contributed by atoms with van der Waals surface area (Å²) in [6, 6.07) is 3.43. The molecule has 1 aromatic heterocycles. The Balaban J connectivity index is 2.39. The van der Waals surface area contributed by atoms with E-state index in [9.17, 15) is 9.59 Å². The van der Waals surface area contributed by atoms with E-state index in [4.69, 9.17) is 18.6 Å². The molecular formula is C16H18O6. The summed E-state index contributed by atoms with van der Waals surface area (Å²) in [5.74, 6) is -0.782. The Bertz CT molecular complexity index is 609. The topological polar surface area (TPSA) is 75.0 Å². The van der Waals surface area contributed by atoms with E-state index in [2.05, 4.69) is 0 Å². The van der Waals surface area contributed by atoms with Gasteiger partial charge in [-0.05, 0) is 39.0 Å². The molecule has 22 heavy (non-hydrogen) atoms. The fraction of sp³-hybridized carbons (Fsp3) is 0.375. The van der Waals surface area contributed by atoms with Crippen LogP contribution in [0.4, 0.5) is 0 Å². The smallest absolute Gasteiger partial charge is 0.373 e. The predicted molar refractivity (Wildman–Crippen MR) is 76.6 cm³/mol. The summed E-state index contributed by atoms with van der Waals surface area (Å²) in [4.78, 5) is 24.0. The van der Waals surface area contributed by atoms with Gasteiger partial charge in [0.1, 0.15) is 11.5 Å². The van der Waals surface area contributed by atoms with Crippen LogP contribution in [0.5, 0.6) is 0 Å². The summed E-state index contributed by atoms with van der Waals surface area (Å²) in [6.45, 7) is 5.51. The number of carbonyl (C=O) groups is 2. The summed E-state index contributed by atoms with van der Waals surface area (Å²) in [5.41, 5.74) is 0.310. The standard InChI is InChI=1S/C16H18O6/c1-4-19-15(17)13-9-11(12-7-6-8-21-12)14(10(3)22-13)16(18)20-5-2/h6-9,11H,4-5H2,1-3H3. The quantitative estimate of drug-likeness (QED) is 0.779. The fourth-order valence-corrected chi connectivity index (χ4v) is 2.19. The first-order chi connectivity index (χ1) is 10.6. The molecule has 0 spiro atoms. The summed E-state index contributed by atoms with van der Waals surface area (Å²) in [7, 11) is 0. The zero-order valence-corrected chi connectivity index (χ0v) is 12.8. The van der Waals surface area contributed by atoms with Crippen molar-refractivity contribution in [1.29, 1.82) is 0 Å². The highest BCUT2D eigenvalue weighted by atomic mass is 16.6. The van der Waals surface area contributed by atoms with Crippen LogP contribution in [0, 0.1) is 0 Å². The number of ether oxygens (including phenoxy) is 3. The van der Waals surface area contributed by atoms with Gasteiger partial charge in [0.25, 0.3) is 0 Å². The summed E-state index contributed by atoms with van der Waals surface area (Å²) >= 11 is 0. The lowest BCUT2D eigenvalue weighted by atomic mass is 9.92. The zero-order valence-electron chi connectivity index (χ0n) is 12.8. The van der Waals surface area contributed by atoms with Crippen molar-refractivity contribution in [2.45, 2.75) is 26.7 Å². The van der Waals surface area contributed by atoms with Crippen LogP contribution in [-0.2, 0) is 23.8 Å². The van der Waals surface area contributed by atoms with Crippen LogP contribution in [0.1, 0.15) is 32.4 Å². The molecular weight excluding hydrogens is 288 g/mol. The van der Waals surface area contributed by atoms with Crippen molar-refractivity contribution in [3.8, 4) is 0 Å². The van der Waals surface area contributed by atoms with E-state index in [1.54, 1.807) is 32.9 Å². The van der Waals surface area contributed by atoms with Crippen molar-refractivity contribution in [2.24, 2.45) is 0 Å². The van der Waals surface area contributed by atoms with Crippen LogP contribution < -0.4 is 0 Å². The molecule has 1 atom stereocenters. The number of hydrogen-bond donors (Lipinski definition) is 0. The lowest BCUT2D eigenvalue weighted by Gasteiger charge is -2.23. The summed E-state index contributed by atoms with van der Waals surface area (Å²) < 4.78 is 20.8. The Morgan fingerprint density at radius 3 is 2.45 bits per heavy atom. The van der Waals surface area contributed by atoms with Crippen LogP contribution in [0.2, 0.25) is 0 Å². The van der Waals surface area contributed by atoms with Gasteiger partial charge in [0.05, 0.1) is 31.0 Å². The molecule has 0 amide bonds. The number of carbonyl (C=O) groups excluding carboxylic acids is 2. The molecule has 0 bridgehead atoms. The van der Waals surface area contributed by atoms with Gasteiger partial charge in [0.15, 0.2) is 0 Å². The largest absolute Gasteiger partial charge is 0.468 e. The fourth-order valence-electron chi connectivity index (χ4n) is 2.19. The molecule has 0 aliphatic carbocycles.